The molecule has 0 radical (unpaired) electrons. The lowest BCUT2D eigenvalue weighted by Gasteiger charge is -2.26. The Morgan fingerprint density at radius 2 is 2.00 bits per heavy atom. The lowest BCUT2D eigenvalue weighted by molar-refractivity contribution is -0.137. The van der Waals surface area contributed by atoms with Gasteiger partial charge in [0.05, 0.1) is 27.9 Å². The maximum absolute atomic E-state index is 12.9. The summed E-state index contributed by atoms with van der Waals surface area (Å²) < 4.78 is 39.9. The van der Waals surface area contributed by atoms with E-state index in [1.165, 1.54) is 6.07 Å². The zero-order valence-electron chi connectivity index (χ0n) is 14.5. The lowest BCUT2D eigenvalue weighted by Crippen LogP contribution is -2.28. The van der Waals surface area contributed by atoms with Crippen LogP contribution >= 0.6 is 11.3 Å². The Balaban J connectivity index is 1.53. The predicted molar refractivity (Wildman–Crippen MR) is 99.6 cm³/mol. The second-order valence-corrected chi connectivity index (χ2v) is 7.87. The fraction of sp³-hybridized carbons (Fsp3) is 0.350. The Kier molecular flexibility index (Phi) is 4.92. The summed E-state index contributed by atoms with van der Waals surface area (Å²) in [5, 5.41) is 11.6. The van der Waals surface area contributed by atoms with Gasteiger partial charge in [-0.25, -0.2) is 4.98 Å². The van der Waals surface area contributed by atoms with Crippen molar-refractivity contribution in [1.29, 1.82) is 0 Å². The van der Waals surface area contributed by atoms with Crippen LogP contribution in [0.4, 0.5) is 13.2 Å². The largest absolute Gasteiger partial charge is 0.416 e. The molecular formula is C20H19F3N2OS. The number of fused-ring (bicyclic) bond motifs is 1. The second kappa shape index (κ2) is 7.22. The molecule has 2 heterocycles. The molecule has 2 aromatic carbocycles. The van der Waals surface area contributed by atoms with E-state index in [9.17, 15) is 18.3 Å². The molecule has 1 fully saturated rings. The van der Waals surface area contributed by atoms with Crippen molar-refractivity contribution in [2.24, 2.45) is 0 Å². The van der Waals surface area contributed by atoms with Gasteiger partial charge in [0.2, 0.25) is 0 Å². The van der Waals surface area contributed by atoms with Gasteiger partial charge < -0.3 is 5.11 Å². The summed E-state index contributed by atoms with van der Waals surface area (Å²) in [4.78, 5) is 6.85. The van der Waals surface area contributed by atoms with Gasteiger partial charge in [-0.2, -0.15) is 13.2 Å². The lowest BCUT2D eigenvalue weighted by atomic mass is 10.0. The van der Waals surface area contributed by atoms with Crippen LogP contribution < -0.4 is 0 Å². The third-order valence-electron chi connectivity index (χ3n) is 4.97. The Hall–Kier alpha value is -1.96. The number of benzene rings is 2. The number of likely N-dealkylation sites (tertiary alicyclic amines) is 1. The molecule has 7 heteroatoms. The van der Waals surface area contributed by atoms with E-state index in [4.69, 9.17) is 4.98 Å². The van der Waals surface area contributed by atoms with Gasteiger partial charge in [-0.15, -0.1) is 11.3 Å². The summed E-state index contributed by atoms with van der Waals surface area (Å²) in [6.45, 7) is 1.10. The summed E-state index contributed by atoms with van der Waals surface area (Å²) in [7, 11) is 0. The molecule has 0 aliphatic carbocycles. The van der Waals surface area contributed by atoms with Gasteiger partial charge in [0.15, 0.2) is 0 Å². The van der Waals surface area contributed by atoms with Crippen molar-refractivity contribution in [3.05, 3.63) is 64.7 Å². The number of alkyl halides is 3. The number of thiazole rings is 1. The molecule has 2 atom stereocenters. The van der Waals surface area contributed by atoms with E-state index < -0.39 is 17.8 Å². The monoisotopic (exact) mass is 392 g/mol. The number of nitrogens with zero attached hydrogens (tertiary/aromatic N) is 2. The molecule has 0 spiro atoms. The number of hydrogen-bond acceptors (Lipinski definition) is 4. The Bertz CT molecular complexity index is 907. The zero-order chi connectivity index (χ0) is 19.0. The molecule has 3 nitrogen and oxygen atoms in total. The van der Waals surface area contributed by atoms with E-state index >= 15 is 0 Å². The second-order valence-electron chi connectivity index (χ2n) is 6.81. The molecule has 1 aromatic heterocycles. The molecular weight excluding hydrogens is 373 g/mol. The number of β-amino-alcohol motifs (C(OH)–C–C–N with tert-alkyl or cyclic N) is 1. The van der Waals surface area contributed by atoms with Crippen LogP contribution in [-0.2, 0) is 6.18 Å². The van der Waals surface area contributed by atoms with Gasteiger partial charge >= 0.3 is 6.18 Å². The van der Waals surface area contributed by atoms with Gasteiger partial charge in [0.1, 0.15) is 5.01 Å². The van der Waals surface area contributed by atoms with Crippen LogP contribution in [0.25, 0.3) is 10.2 Å². The van der Waals surface area contributed by atoms with Crippen molar-refractivity contribution in [2.45, 2.75) is 31.2 Å². The summed E-state index contributed by atoms with van der Waals surface area (Å²) >= 11 is 1.64. The molecule has 0 bridgehead atoms. The summed E-state index contributed by atoms with van der Waals surface area (Å²) in [6, 6.07) is 13.0. The third-order valence-corrected chi connectivity index (χ3v) is 6.10. The van der Waals surface area contributed by atoms with Crippen molar-refractivity contribution in [2.75, 3.05) is 13.1 Å². The molecule has 0 amide bonds. The molecule has 4 rings (SSSR count). The van der Waals surface area contributed by atoms with Gasteiger partial charge in [0, 0.05) is 6.54 Å². The van der Waals surface area contributed by atoms with E-state index in [1.807, 2.05) is 24.3 Å². The minimum absolute atomic E-state index is 0.0999. The minimum atomic E-state index is -4.41. The molecule has 27 heavy (non-hydrogen) atoms. The standard InChI is InChI=1S/C20H19F3N2OS/c21-20(22,23)14-6-3-5-13(11-14)17(26)12-25-10-4-8-16(25)19-24-15-7-1-2-9-18(15)27-19/h1-3,5-7,9,11,16-17,26H,4,8,10,12H2. The predicted octanol–water partition coefficient (Wildman–Crippen LogP) is 5.19. The van der Waals surface area contributed by atoms with E-state index in [0.29, 0.717) is 12.1 Å². The molecule has 1 aliphatic rings. The Labute approximate surface area is 159 Å². The van der Waals surface area contributed by atoms with Crippen molar-refractivity contribution in [1.82, 2.24) is 9.88 Å². The fourth-order valence-electron chi connectivity index (χ4n) is 3.61. The molecule has 1 aliphatic heterocycles. The van der Waals surface area contributed by atoms with Crippen molar-refractivity contribution >= 4 is 21.6 Å². The number of para-hydroxylation sites is 1. The summed E-state index contributed by atoms with van der Waals surface area (Å²) in [6.07, 6.45) is -3.46. The van der Waals surface area contributed by atoms with E-state index in [-0.39, 0.29) is 6.04 Å². The third kappa shape index (κ3) is 3.85. The Morgan fingerprint density at radius 1 is 1.19 bits per heavy atom. The van der Waals surface area contributed by atoms with Crippen LogP contribution in [0.1, 0.15) is 41.1 Å². The van der Waals surface area contributed by atoms with Crippen LogP contribution in [0.15, 0.2) is 48.5 Å². The van der Waals surface area contributed by atoms with E-state index in [0.717, 1.165) is 46.7 Å². The number of rotatable bonds is 4. The van der Waals surface area contributed by atoms with Crippen molar-refractivity contribution < 1.29 is 18.3 Å². The summed E-state index contributed by atoms with van der Waals surface area (Å²) in [5.74, 6) is 0. The zero-order valence-corrected chi connectivity index (χ0v) is 15.3. The highest BCUT2D eigenvalue weighted by Gasteiger charge is 2.33. The summed E-state index contributed by atoms with van der Waals surface area (Å²) in [5.41, 5.74) is 0.519. The smallest absolute Gasteiger partial charge is 0.387 e. The maximum Gasteiger partial charge on any atom is 0.416 e. The minimum Gasteiger partial charge on any atom is -0.387 e. The van der Waals surface area contributed by atoms with Crippen LogP contribution in [0.3, 0.4) is 0 Å². The number of aliphatic hydroxyl groups is 1. The number of aliphatic hydroxyl groups excluding tert-OH is 1. The highest BCUT2D eigenvalue weighted by Crippen LogP contribution is 2.38. The first kappa shape index (κ1) is 18.4. The van der Waals surface area contributed by atoms with Crippen LogP contribution in [0.2, 0.25) is 0 Å². The van der Waals surface area contributed by atoms with E-state index in [1.54, 1.807) is 17.4 Å². The fourth-order valence-corrected chi connectivity index (χ4v) is 4.74. The average Bonchev–Trinajstić information content (AvgIpc) is 3.27. The molecule has 1 N–H and O–H groups in total. The van der Waals surface area contributed by atoms with Gasteiger partial charge in [0.25, 0.3) is 0 Å². The van der Waals surface area contributed by atoms with Crippen LogP contribution in [0.5, 0.6) is 0 Å². The first-order valence-electron chi connectivity index (χ1n) is 8.86. The molecule has 1 saturated heterocycles. The maximum atomic E-state index is 12.9. The van der Waals surface area contributed by atoms with Gasteiger partial charge in [-0.3, -0.25) is 4.90 Å². The highest BCUT2D eigenvalue weighted by atomic mass is 32.1. The number of halogens is 3. The van der Waals surface area contributed by atoms with Crippen LogP contribution in [0, 0.1) is 0 Å². The molecule has 3 aromatic rings. The quantitative estimate of drug-likeness (QED) is 0.664. The molecule has 0 saturated carbocycles. The topological polar surface area (TPSA) is 36.4 Å². The molecule has 142 valence electrons. The Morgan fingerprint density at radius 3 is 2.78 bits per heavy atom. The van der Waals surface area contributed by atoms with Crippen LogP contribution in [-0.4, -0.2) is 28.1 Å². The molecule has 2 unspecified atom stereocenters. The van der Waals surface area contributed by atoms with E-state index in [2.05, 4.69) is 4.90 Å². The van der Waals surface area contributed by atoms with Crippen molar-refractivity contribution in [3.8, 4) is 0 Å². The number of aromatic nitrogens is 1. The first-order chi connectivity index (χ1) is 12.9. The van der Waals surface area contributed by atoms with Crippen molar-refractivity contribution in [3.63, 3.8) is 0 Å². The average molecular weight is 392 g/mol. The number of hydrogen-bond donors (Lipinski definition) is 1. The SMILES string of the molecule is OC(CN1CCCC1c1nc2ccccc2s1)c1cccc(C(F)(F)F)c1. The highest BCUT2D eigenvalue weighted by molar-refractivity contribution is 7.18. The first-order valence-corrected chi connectivity index (χ1v) is 9.68. The van der Waals surface area contributed by atoms with Gasteiger partial charge in [-0.05, 0) is 49.2 Å². The normalized spacial score (nSPS) is 19.6. The van der Waals surface area contributed by atoms with Gasteiger partial charge in [-0.1, -0.05) is 24.3 Å².